The Morgan fingerprint density at radius 2 is 1.96 bits per heavy atom. The van der Waals surface area contributed by atoms with Gasteiger partial charge in [-0.05, 0) is 52.7 Å². The molecule has 3 aromatic rings. The number of halogens is 2. The summed E-state index contributed by atoms with van der Waals surface area (Å²) >= 11 is 13.6. The number of rotatable bonds is 6. The maximum Gasteiger partial charge on any atom is 0.245 e. The van der Waals surface area contributed by atoms with Gasteiger partial charge >= 0.3 is 0 Å². The summed E-state index contributed by atoms with van der Waals surface area (Å²) in [5.74, 6) is 0.548. The molecule has 4 nitrogen and oxygen atoms in total. The third-order valence-corrected chi connectivity index (χ3v) is 6.60. The van der Waals surface area contributed by atoms with E-state index in [-0.39, 0.29) is 23.0 Å². The summed E-state index contributed by atoms with van der Waals surface area (Å²) in [6.45, 7) is 0.323. The molecule has 8 heteroatoms. The highest BCUT2D eigenvalue weighted by molar-refractivity contribution is 7.89. The predicted octanol–water partition coefficient (Wildman–Crippen LogP) is 5.04. The van der Waals surface area contributed by atoms with Crippen LogP contribution in [-0.2, 0) is 23.1 Å². The Balaban J connectivity index is 2.00. The van der Waals surface area contributed by atoms with E-state index in [9.17, 15) is 8.42 Å². The second kappa shape index (κ2) is 7.29. The first-order valence-electron chi connectivity index (χ1n) is 6.95. The Hall–Kier alpha value is -1.31. The molecular formula is C16H13Cl2NO3S2. The van der Waals surface area contributed by atoms with Crippen molar-refractivity contribution in [3.63, 3.8) is 0 Å². The van der Waals surface area contributed by atoms with Crippen molar-refractivity contribution in [3.8, 4) is 0 Å². The third kappa shape index (κ3) is 3.84. The van der Waals surface area contributed by atoms with Gasteiger partial charge in [0, 0.05) is 11.6 Å². The van der Waals surface area contributed by atoms with E-state index in [0.29, 0.717) is 10.8 Å². The smallest absolute Gasteiger partial charge is 0.245 e. The third-order valence-electron chi connectivity index (χ3n) is 3.36. The molecule has 2 aromatic heterocycles. The van der Waals surface area contributed by atoms with Crippen LogP contribution in [0.5, 0.6) is 0 Å². The van der Waals surface area contributed by atoms with Crippen LogP contribution in [0.3, 0.4) is 0 Å². The molecule has 0 aliphatic carbocycles. The van der Waals surface area contributed by atoms with E-state index in [2.05, 4.69) is 0 Å². The van der Waals surface area contributed by atoms with E-state index in [1.165, 1.54) is 34.0 Å². The zero-order valence-electron chi connectivity index (χ0n) is 12.4. The summed E-state index contributed by atoms with van der Waals surface area (Å²) in [6, 6.07) is 9.73. The summed E-state index contributed by atoms with van der Waals surface area (Å²) in [6.07, 6.45) is 1.51. The largest absolute Gasteiger partial charge is 0.468 e. The van der Waals surface area contributed by atoms with Gasteiger partial charge in [0.15, 0.2) is 0 Å². The van der Waals surface area contributed by atoms with Crippen LogP contribution in [0.2, 0.25) is 10.0 Å². The molecule has 0 amide bonds. The van der Waals surface area contributed by atoms with Crippen LogP contribution in [0.1, 0.15) is 11.3 Å². The molecular weight excluding hydrogens is 389 g/mol. The second-order valence-corrected chi connectivity index (χ2v) is 8.59. The van der Waals surface area contributed by atoms with Crippen molar-refractivity contribution in [1.29, 1.82) is 0 Å². The van der Waals surface area contributed by atoms with Crippen molar-refractivity contribution < 1.29 is 12.8 Å². The van der Waals surface area contributed by atoms with E-state index in [1.807, 2.05) is 16.8 Å². The van der Waals surface area contributed by atoms with Gasteiger partial charge in [-0.15, -0.1) is 0 Å². The van der Waals surface area contributed by atoms with E-state index < -0.39 is 10.0 Å². The molecule has 0 aliphatic rings. The normalized spacial score (nSPS) is 12.0. The summed E-state index contributed by atoms with van der Waals surface area (Å²) in [4.78, 5) is -0.0153. The van der Waals surface area contributed by atoms with Gasteiger partial charge in [0.1, 0.15) is 10.7 Å². The number of nitrogens with zero attached hydrogens (tertiary/aromatic N) is 1. The van der Waals surface area contributed by atoms with Crippen molar-refractivity contribution in [2.24, 2.45) is 0 Å². The van der Waals surface area contributed by atoms with E-state index in [4.69, 9.17) is 27.6 Å². The summed E-state index contributed by atoms with van der Waals surface area (Å²) < 4.78 is 32.8. The fourth-order valence-electron chi connectivity index (χ4n) is 2.20. The van der Waals surface area contributed by atoms with E-state index >= 15 is 0 Å². The number of hydrogen-bond acceptors (Lipinski definition) is 4. The number of sulfonamides is 1. The lowest BCUT2D eigenvalue weighted by atomic mass is 10.3. The molecule has 0 N–H and O–H groups in total. The minimum atomic E-state index is -3.84. The Morgan fingerprint density at radius 3 is 2.62 bits per heavy atom. The molecule has 1 aromatic carbocycles. The molecule has 0 bridgehead atoms. The Kier molecular flexibility index (Phi) is 5.32. The molecule has 0 atom stereocenters. The molecule has 24 heavy (non-hydrogen) atoms. The van der Waals surface area contributed by atoms with Crippen molar-refractivity contribution in [2.45, 2.75) is 18.0 Å². The number of benzene rings is 1. The zero-order valence-corrected chi connectivity index (χ0v) is 15.5. The monoisotopic (exact) mass is 401 g/mol. The van der Waals surface area contributed by atoms with Crippen LogP contribution >= 0.6 is 34.5 Å². The van der Waals surface area contributed by atoms with Gasteiger partial charge in [-0.25, -0.2) is 8.42 Å². The van der Waals surface area contributed by atoms with Gasteiger partial charge in [0.2, 0.25) is 10.0 Å². The zero-order chi connectivity index (χ0) is 17.2. The Labute approximate surface area is 154 Å². The first kappa shape index (κ1) is 17.5. The van der Waals surface area contributed by atoms with Crippen LogP contribution in [-0.4, -0.2) is 12.7 Å². The number of thiophene rings is 1. The lowest BCUT2D eigenvalue weighted by Crippen LogP contribution is -2.30. The standard InChI is InChI=1S/C16H13Cl2NO3S2/c17-13-3-4-15(18)16(8-13)24(20,21)19(9-12-5-7-23-11-12)10-14-2-1-6-22-14/h1-8,11H,9-10H2. The first-order chi connectivity index (χ1) is 11.5. The van der Waals surface area contributed by atoms with Crippen molar-refractivity contribution in [1.82, 2.24) is 4.31 Å². The van der Waals surface area contributed by atoms with Gasteiger partial charge in [-0.2, -0.15) is 15.6 Å². The average molecular weight is 402 g/mol. The Morgan fingerprint density at radius 1 is 1.12 bits per heavy atom. The van der Waals surface area contributed by atoms with Crippen molar-refractivity contribution in [3.05, 3.63) is 74.8 Å². The summed E-state index contributed by atoms with van der Waals surface area (Å²) in [5.41, 5.74) is 0.897. The Bertz CT molecular complexity index is 871. The maximum atomic E-state index is 13.1. The fourth-order valence-corrected chi connectivity index (χ4v) is 4.99. The van der Waals surface area contributed by atoms with Crippen LogP contribution in [0.25, 0.3) is 0 Å². The molecule has 3 rings (SSSR count). The molecule has 2 heterocycles. The minimum absolute atomic E-state index is 0.0153. The van der Waals surface area contributed by atoms with Crippen LogP contribution in [0.4, 0.5) is 0 Å². The second-order valence-electron chi connectivity index (χ2n) is 5.06. The van der Waals surface area contributed by atoms with Crippen molar-refractivity contribution in [2.75, 3.05) is 0 Å². The highest BCUT2D eigenvalue weighted by atomic mass is 35.5. The van der Waals surface area contributed by atoms with Gasteiger partial charge < -0.3 is 4.42 Å². The van der Waals surface area contributed by atoms with Crippen LogP contribution < -0.4 is 0 Å². The van der Waals surface area contributed by atoms with Gasteiger partial charge in [0.25, 0.3) is 0 Å². The number of furan rings is 1. The topological polar surface area (TPSA) is 50.5 Å². The van der Waals surface area contributed by atoms with Crippen LogP contribution in [0, 0.1) is 0 Å². The SMILES string of the molecule is O=S(=O)(c1cc(Cl)ccc1Cl)N(Cc1ccsc1)Cc1ccco1. The minimum Gasteiger partial charge on any atom is -0.468 e. The first-order valence-corrected chi connectivity index (χ1v) is 10.1. The quantitative estimate of drug-likeness (QED) is 0.581. The maximum absolute atomic E-state index is 13.1. The van der Waals surface area contributed by atoms with E-state index in [1.54, 1.807) is 18.2 Å². The molecule has 0 aliphatic heterocycles. The van der Waals surface area contributed by atoms with Gasteiger partial charge in [-0.1, -0.05) is 23.2 Å². The molecule has 0 radical (unpaired) electrons. The molecule has 0 spiro atoms. The lowest BCUT2D eigenvalue weighted by molar-refractivity contribution is 0.359. The van der Waals surface area contributed by atoms with Crippen molar-refractivity contribution >= 4 is 44.6 Å². The van der Waals surface area contributed by atoms with Gasteiger partial charge in [-0.3, -0.25) is 0 Å². The average Bonchev–Trinajstić information content (AvgIpc) is 3.22. The fraction of sp³-hybridized carbons (Fsp3) is 0.125. The molecule has 0 saturated carbocycles. The highest BCUT2D eigenvalue weighted by Gasteiger charge is 2.28. The van der Waals surface area contributed by atoms with E-state index in [0.717, 1.165) is 5.56 Å². The van der Waals surface area contributed by atoms with Crippen LogP contribution in [0.15, 0.2) is 62.7 Å². The summed E-state index contributed by atoms with van der Waals surface area (Å²) in [5, 5.41) is 4.25. The molecule has 0 fully saturated rings. The lowest BCUT2D eigenvalue weighted by Gasteiger charge is -2.21. The number of hydrogen-bond donors (Lipinski definition) is 0. The highest BCUT2D eigenvalue weighted by Crippen LogP contribution is 2.29. The predicted molar refractivity (Wildman–Crippen MR) is 95.9 cm³/mol. The summed E-state index contributed by atoms with van der Waals surface area (Å²) in [7, 11) is -3.84. The molecule has 126 valence electrons. The molecule has 0 unspecified atom stereocenters. The van der Waals surface area contributed by atoms with Gasteiger partial charge in [0.05, 0.1) is 17.8 Å². The molecule has 0 saturated heterocycles.